The van der Waals surface area contributed by atoms with Gasteiger partial charge in [-0.2, -0.15) is 0 Å². The van der Waals surface area contributed by atoms with E-state index in [1.165, 1.54) is 0 Å². The van der Waals surface area contributed by atoms with Crippen LogP contribution in [0.1, 0.15) is 18.3 Å². The zero-order valence-electron chi connectivity index (χ0n) is 11.3. The van der Waals surface area contributed by atoms with Gasteiger partial charge in [-0.25, -0.2) is 4.98 Å². The van der Waals surface area contributed by atoms with Crippen molar-refractivity contribution in [1.82, 2.24) is 9.55 Å². The van der Waals surface area contributed by atoms with Crippen LogP contribution in [0.15, 0.2) is 30.6 Å². The third-order valence-corrected chi connectivity index (χ3v) is 2.99. The van der Waals surface area contributed by atoms with E-state index in [1.807, 2.05) is 29.0 Å². The first-order valence-corrected chi connectivity index (χ1v) is 6.28. The predicted molar refractivity (Wildman–Crippen MR) is 73.1 cm³/mol. The van der Waals surface area contributed by atoms with Gasteiger partial charge in [-0.3, -0.25) is 0 Å². The number of methoxy groups -OCH3 is 1. The second kappa shape index (κ2) is 6.24. The van der Waals surface area contributed by atoms with Gasteiger partial charge in [-0.05, 0) is 13.0 Å². The molecule has 0 amide bonds. The number of rotatable bonds is 6. The Morgan fingerprint density at radius 3 is 2.89 bits per heavy atom. The van der Waals surface area contributed by atoms with Gasteiger partial charge in [0.25, 0.3) is 0 Å². The van der Waals surface area contributed by atoms with Crippen LogP contribution >= 0.6 is 0 Å². The van der Waals surface area contributed by atoms with Gasteiger partial charge in [0, 0.05) is 31.0 Å². The highest BCUT2D eigenvalue weighted by Crippen LogP contribution is 2.31. The van der Waals surface area contributed by atoms with Crippen molar-refractivity contribution in [2.45, 2.75) is 26.6 Å². The maximum atomic E-state index is 5.85. The molecular formula is C14H19N3O2. The monoisotopic (exact) mass is 261 g/mol. The SMILES string of the molecule is CCn1ccnc1COc1c(CN)cccc1OC. The highest BCUT2D eigenvalue weighted by molar-refractivity contribution is 5.46. The summed E-state index contributed by atoms with van der Waals surface area (Å²) in [7, 11) is 1.62. The molecule has 2 aromatic rings. The first kappa shape index (κ1) is 13.4. The molecule has 0 radical (unpaired) electrons. The Morgan fingerprint density at radius 2 is 2.21 bits per heavy atom. The number of benzene rings is 1. The van der Waals surface area contributed by atoms with Crippen molar-refractivity contribution in [3.05, 3.63) is 42.0 Å². The summed E-state index contributed by atoms with van der Waals surface area (Å²) in [5, 5.41) is 0. The Morgan fingerprint density at radius 1 is 1.37 bits per heavy atom. The number of ether oxygens (including phenoxy) is 2. The molecule has 102 valence electrons. The van der Waals surface area contributed by atoms with Crippen molar-refractivity contribution in [2.24, 2.45) is 5.73 Å². The molecule has 0 aliphatic rings. The largest absolute Gasteiger partial charge is 0.493 e. The summed E-state index contributed by atoms with van der Waals surface area (Å²) < 4.78 is 13.2. The third kappa shape index (κ3) is 2.88. The Labute approximate surface area is 113 Å². The van der Waals surface area contributed by atoms with Crippen LogP contribution in [0.3, 0.4) is 0 Å². The standard InChI is InChI=1S/C14H19N3O2/c1-3-17-8-7-16-13(17)10-19-14-11(9-15)5-4-6-12(14)18-2/h4-8H,3,9-10,15H2,1-2H3. The van der Waals surface area contributed by atoms with E-state index in [-0.39, 0.29) is 0 Å². The topological polar surface area (TPSA) is 62.3 Å². The van der Waals surface area contributed by atoms with E-state index >= 15 is 0 Å². The maximum Gasteiger partial charge on any atom is 0.166 e. The van der Waals surface area contributed by atoms with Gasteiger partial charge in [0.15, 0.2) is 11.5 Å². The smallest absolute Gasteiger partial charge is 0.166 e. The molecule has 0 aliphatic heterocycles. The number of aromatic nitrogens is 2. The summed E-state index contributed by atoms with van der Waals surface area (Å²) in [5.41, 5.74) is 6.65. The number of nitrogens with two attached hydrogens (primary N) is 1. The van der Waals surface area contributed by atoms with Crippen LogP contribution in [0.25, 0.3) is 0 Å². The molecule has 19 heavy (non-hydrogen) atoms. The number of aryl methyl sites for hydroxylation is 1. The Kier molecular flexibility index (Phi) is 4.41. The quantitative estimate of drug-likeness (QED) is 0.863. The van der Waals surface area contributed by atoms with E-state index in [4.69, 9.17) is 15.2 Å². The molecule has 0 aliphatic carbocycles. The van der Waals surface area contributed by atoms with Crippen LogP contribution in [0.2, 0.25) is 0 Å². The van der Waals surface area contributed by atoms with Gasteiger partial charge in [-0.1, -0.05) is 12.1 Å². The van der Waals surface area contributed by atoms with Crippen molar-refractivity contribution in [3.8, 4) is 11.5 Å². The summed E-state index contributed by atoms with van der Waals surface area (Å²) in [6.07, 6.45) is 3.71. The Balaban J connectivity index is 2.19. The number of hydrogen-bond donors (Lipinski definition) is 1. The van der Waals surface area contributed by atoms with Gasteiger partial charge in [0.05, 0.1) is 7.11 Å². The van der Waals surface area contributed by atoms with E-state index < -0.39 is 0 Å². The number of imidazole rings is 1. The van der Waals surface area contributed by atoms with Gasteiger partial charge in [0.1, 0.15) is 12.4 Å². The second-order valence-electron chi connectivity index (χ2n) is 4.07. The van der Waals surface area contributed by atoms with Crippen molar-refractivity contribution in [1.29, 1.82) is 0 Å². The molecule has 1 aromatic carbocycles. The number of para-hydroxylation sites is 1. The lowest BCUT2D eigenvalue weighted by Crippen LogP contribution is -2.08. The van der Waals surface area contributed by atoms with Gasteiger partial charge in [-0.15, -0.1) is 0 Å². The van der Waals surface area contributed by atoms with Crippen molar-refractivity contribution < 1.29 is 9.47 Å². The van der Waals surface area contributed by atoms with E-state index in [2.05, 4.69) is 11.9 Å². The molecular weight excluding hydrogens is 242 g/mol. The molecule has 1 heterocycles. The first-order valence-electron chi connectivity index (χ1n) is 6.28. The fourth-order valence-electron chi connectivity index (χ4n) is 1.95. The number of hydrogen-bond acceptors (Lipinski definition) is 4. The lowest BCUT2D eigenvalue weighted by Gasteiger charge is -2.14. The summed E-state index contributed by atoms with van der Waals surface area (Å²) in [4.78, 5) is 4.28. The minimum Gasteiger partial charge on any atom is -0.493 e. The third-order valence-electron chi connectivity index (χ3n) is 2.99. The van der Waals surface area contributed by atoms with E-state index in [0.29, 0.717) is 24.7 Å². The van der Waals surface area contributed by atoms with Crippen molar-refractivity contribution >= 4 is 0 Å². The molecule has 0 spiro atoms. The average molecular weight is 261 g/mol. The molecule has 2 N–H and O–H groups in total. The van der Waals surface area contributed by atoms with Crippen LogP contribution in [0.4, 0.5) is 0 Å². The summed E-state index contributed by atoms with van der Waals surface area (Å²) in [6.45, 7) is 3.75. The highest BCUT2D eigenvalue weighted by Gasteiger charge is 2.11. The summed E-state index contributed by atoms with van der Waals surface area (Å²) in [5.74, 6) is 2.27. The normalized spacial score (nSPS) is 10.5. The van der Waals surface area contributed by atoms with Crippen LogP contribution in [0.5, 0.6) is 11.5 Å². The van der Waals surface area contributed by atoms with Gasteiger partial charge >= 0.3 is 0 Å². The van der Waals surface area contributed by atoms with Crippen LogP contribution in [0, 0.1) is 0 Å². The van der Waals surface area contributed by atoms with E-state index in [0.717, 1.165) is 17.9 Å². The van der Waals surface area contributed by atoms with E-state index in [9.17, 15) is 0 Å². The Bertz CT molecular complexity index is 515. The average Bonchev–Trinajstić information content (AvgIpc) is 2.91. The highest BCUT2D eigenvalue weighted by atomic mass is 16.5. The zero-order valence-corrected chi connectivity index (χ0v) is 11.3. The van der Waals surface area contributed by atoms with Crippen molar-refractivity contribution in [3.63, 3.8) is 0 Å². The number of nitrogens with zero attached hydrogens (tertiary/aromatic N) is 2. The zero-order chi connectivity index (χ0) is 13.7. The lowest BCUT2D eigenvalue weighted by atomic mass is 10.2. The summed E-state index contributed by atoms with van der Waals surface area (Å²) in [6, 6.07) is 5.70. The van der Waals surface area contributed by atoms with Crippen LogP contribution in [-0.2, 0) is 19.7 Å². The fraction of sp³-hybridized carbons (Fsp3) is 0.357. The van der Waals surface area contributed by atoms with Gasteiger partial charge in [0.2, 0.25) is 0 Å². The molecule has 0 saturated heterocycles. The second-order valence-corrected chi connectivity index (χ2v) is 4.07. The molecule has 5 heteroatoms. The first-order chi connectivity index (χ1) is 9.30. The van der Waals surface area contributed by atoms with Crippen molar-refractivity contribution in [2.75, 3.05) is 7.11 Å². The van der Waals surface area contributed by atoms with Gasteiger partial charge < -0.3 is 19.8 Å². The Hall–Kier alpha value is -2.01. The molecule has 5 nitrogen and oxygen atoms in total. The molecule has 0 unspecified atom stereocenters. The van der Waals surface area contributed by atoms with Crippen LogP contribution in [-0.4, -0.2) is 16.7 Å². The maximum absolute atomic E-state index is 5.85. The minimum atomic E-state index is 0.397. The molecule has 0 bridgehead atoms. The van der Waals surface area contributed by atoms with Crippen LogP contribution < -0.4 is 15.2 Å². The lowest BCUT2D eigenvalue weighted by molar-refractivity contribution is 0.269. The fourth-order valence-corrected chi connectivity index (χ4v) is 1.95. The molecule has 1 aromatic heterocycles. The molecule has 2 rings (SSSR count). The minimum absolute atomic E-state index is 0.397. The summed E-state index contributed by atoms with van der Waals surface area (Å²) >= 11 is 0. The predicted octanol–water partition coefficient (Wildman–Crippen LogP) is 1.95. The van der Waals surface area contributed by atoms with E-state index in [1.54, 1.807) is 13.3 Å². The molecule has 0 atom stereocenters. The molecule has 0 saturated carbocycles. The molecule has 0 fully saturated rings.